The molecule has 10 rings (SSSR count). The number of pyridine rings is 1. The van der Waals surface area contributed by atoms with Crippen molar-refractivity contribution >= 4 is 75.1 Å². The number of thiophene rings is 1. The van der Waals surface area contributed by atoms with E-state index in [1.807, 2.05) is 23.7 Å². The molecule has 0 radical (unpaired) electrons. The van der Waals surface area contributed by atoms with Crippen LogP contribution in [0.2, 0.25) is 0 Å². The number of fused-ring (bicyclic) bond motifs is 9. The summed E-state index contributed by atoms with van der Waals surface area (Å²) in [4.78, 5) is 4.43. The molecule has 0 aliphatic carbocycles. The topological polar surface area (TPSA) is 22.8 Å². The van der Waals surface area contributed by atoms with Crippen LogP contribution in [-0.2, 0) is 0 Å². The Hall–Kier alpha value is -5.71. The number of benzene rings is 6. The highest BCUT2D eigenvalue weighted by molar-refractivity contribution is 7.25. The second-order valence-electron chi connectivity index (χ2n) is 11.7. The zero-order valence-corrected chi connectivity index (χ0v) is 25.0. The summed E-state index contributed by atoms with van der Waals surface area (Å²) >= 11 is 1.86. The number of rotatable bonds is 3. The van der Waals surface area contributed by atoms with Crippen LogP contribution in [-0.4, -0.2) is 14.1 Å². The van der Waals surface area contributed by atoms with Crippen LogP contribution in [0.25, 0.3) is 86.3 Å². The Kier molecular flexibility index (Phi) is 5.16. The van der Waals surface area contributed by atoms with Crippen LogP contribution >= 0.6 is 11.3 Å². The van der Waals surface area contributed by atoms with Gasteiger partial charge in [-0.25, -0.2) is 0 Å². The van der Waals surface area contributed by atoms with Crippen molar-refractivity contribution in [1.29, 1.82) is 0 Å². The normalized spacial score (nSPS) is 12.0. The third-order valence-electron chi connectivity index (χ3n) is 9.20. The summed E-state index contributed by atoms with van der Waals surface area (Å²) < 4.78 is 7.36. The standard InChI is InChI=1S/C41H25N3S/c1-4-13-36-30(10-1)31-11-2-5-14-37(31)43(36)28-9-7-8-26(22-28)27-16-18-40-33(23-27)34-24-29(17-19-41(34)45-40)44-38-15-6-3-12-32(38)35-25-42-21-20-39(35)44/h1-25H. The average molecular weight is 592 g/mol. The third kappa shape index (κ3) is 3.60. The minimum absolute atomic E-state index is 1.17. The molecule has 0 aliphatic heterocycles. The van der Waals surface area contributed by atoms with E-state index in [0.717, 1.165) is 0 Å². The Labute approximate surface area is 262 Å². The highest BCUT2D eigenvalue weighted by atomic mass is 32.1. The van der Waals surface area contributed by atoms with Crippen LogP contribution in [0.1, 0.15) is 0 Å². The van der Waals surface area contributed by atoms with E-state index in [4.69, 9.17) is 0 Å². The first-order valence-electron chi connectivity index (χ1n) is 15.2. The van der Waals surface area contributed by atoms with Gasteiger partial charge in [0.25, 0.3) is 0 Å². The number of nitrogens with zero attached hydrogens (tertiary/aromatic N) is 3. The van der Waals surface area contributed by atoms with Crippen molar-refractivity contribution in [3.63, 3.8) is 0 Å². The molecule has 10 aromatic rings. The lowest BCUT2D eigenvalue weighted by Crippen LogP contribution is -1.94. The Morgan fingerprint density at radius 3 is 1.67 bits per heavy atom. The SMILES string of the molecule is c1cc(-c2ccc3sc4ccc(-n5c6ccccc6c6cnccc65)cc4c3c2)cc(-n2c3ccccc3c3ccccc32)c1. The van der Waals surface area contributed by atoms with Crippen molar-refractivity contribution in [2.75, 3.05) is 0 Å². The first-order valence-corrected chi connectivity index (χ1v) is 16.0. The number of hydrogen-bond acceptors (Lipinski definition) is 2. The molecule has 0 saturated carbocycles. The molecule has 3 nitrogen and oxygen atoms in total. The van der Waals surface area contributed by atoms with E-state index in [1.54, 1.807) is 0 Å². The molecule has 6 aromatic carbocycles. The lowest BCUT2D eigenvalue weighted by atomic mass is 10.0. The van der Waals surface area contributed by atoms with E-state index in [2.05, 4.69) is 154 Å². The number of hydrogen-bond donors (Lipinski definition) is 0. The molecule has 0 amide bonds. The predicted octanol–water partition coefficient (Wildman–Crippen LogP) is 11.3. The second-order valence-corrected chi connectivity index (χ2v) is 12.7. The summed E-state index contributed by atoms with van der Waals surface area (Å²) in [6.45, 7) is 0. The fourth-order valence-corrected chi connectivity index (χ4v) is 8.27. The van der Waals surface area contributed by atoms with Crippen LogP contribution < -0.4 is 0 Å². The molecule has 210 valence electrons. The summed E-state index contributed by atoms with van der Waals surface area (Å²) in [6.07, 6.45) is 3.86. The van der Waals surface area contributed by atoms with Gasteiger partial charge in [-0.3, -0.25) is 4.98 Å². The van der Waals surface area contributed by atoms with Crippen LogP contribution in [0.15, 0.2) is 152 Å². The van der Waals surface area contributed by atoms with Crippen molar-refractivity contribution in [1.82, 2.24) is 14.1 Å². The highest BCUT2D eigenvalue weighted by Crippen LogP contribution is 2.40. The molecule has 0 N–H and O–H groups in total. The lowest BCUT2D eigenvalue weighted by Gasteiger charge is -2.11. The number of para-hydroxylation sites is 3. The van der Waals surface area contributed by atoms with Gasteiger partial charge in [0, 0.05) is 65.5 Å². The summed E-state index contributed by atoms with van der Waals surface area (Å²) in [6, 6.07) is 50.9. The van der Waals surface area contributed by atoms with Crippen molar-refractivity contribution in [3.05, 3.63) is 152 Å². The molecule has 45 heavy (non-hydrogen) atoms. The molecular formula is C41H25N3S. The van der Waals surface area contributed by atoms with E-state index < -0.39 is 0 Å². The molecule has 0 saturated heterocycles. The minimum atomic E-state index is 1.17. The Morgan fingerprint density at radius 1 is 0.400 bits per heavy atom. The van der Waals surface area contributed by atoms with Gasteiger partial charge >= 0.3 is 0 Å². The monoisotopic (exact) mass is 591 g/mol. The highest BCUT2D eigenvalue weighted by Gasteiger charge is 2.15. The van der Waals surface area contributed by atoms with Gasteiger partial charge in [-0.2, -0.15) is 0 Å². The van der Waals surface area contributed by atoms with Gasteiger partial charge < -0.3 is 9.13 Å². The third-order valence-corrected chi connectivity index (χ3v) is 10.4. The Morgan fingerprint density at radius 2 is 0.956 bits per heavy atom. The lowest BCUT2D eigenvalue weighted by molar-refractivity contribution is 1.18. The molecule has 4 heterocycles. The Bertz CT molecular complexity index is 2670. The van der Waals surface area contributed by atoms with Gasteiger partial charge in [-0.1, -0.05) is 72.8 Å². The predicted molar refractivity (Wildman–Crippen MR) is 191 cm³/mol. The Balaban J connectivity index is 1.15. The van der Waals surface area contributed by atoms with Crippen LogP contribution in [0.4, 0.5) is 0 Å². The number of aromatic nitrogens is 3. The molecule has 0 spiro atoms. The van der Waals surface area contributed by atoms with Gasteiger partial charge in [0.15, 0.2) is 0 Å². The van der Waals surface area contributed by atoms with Crippen LogP contribution in [0.3, 0.4) is 0 Å². The van der Waals surface area contributed by atoms with Crippen LogP contribution in [0, 0.1) is 0 Å². The molecular weight excluding hydrogens is 567 g/mol. The van der Waals surface area contributed by atoms with E-state index in [9.17, 15) is 0 Å². The summed E-state index contributed by atoms with van der Waals surface area (Å²) in [7, 11) is 0. The van der Waals surface area contributed by atoms with Gasteiger partial charge in [-0.15, -0.1) is 11.3 Å². The quantitative estimate of drug-likeness (QED) is 0.200. The molecule has 0 aliphatic rings. The average Bonchev–Trinajstić information content (AvgIpc) is 3.75. The van der Waals surface area contributed by atoms with Crippen molar-refractivity contribution < 1.29 is 0 Å². The first kappa shape index (κ1) is 24.7. The van der Waals surface area contributed by atoms with Gasteiger partial charge in [0.1, 0.15) is 0 Å². The van der Waals surface area contributed by atoms with Crippen LogP contribution in [0.5, 0.6) is 0 Å². The first-order chi connectivity index (χ1) is 22.3. The fraction of sp³-hybridized carbons (Fsp3) is 0. The van der Waals surface area contributed by atoms with Crippen molar-refractivity contribution in [2.24, 2.45) is 0 Å². The molecule has 4 heteroatoms. The van der Waals surface area contributed by atoms with Gasteiger partial charge in [0.05, 0.1) is 22.1 Å². The molecule has 0 bridgehead atoms. The smallest absolute Gasteiger partial charge is 0.0571 e. The van der Waals surface area contributed by atoms with E-state index in [0.29, 0.717) is 0 Å². The molecule has 0 fully saturated rings. The minimum Gasteiger partial charge on any atom is -0.309 e. The maximum atomic E-state index is 4.43. The summed E-state index contributed by atoms with van der Waals surface area (Å²) in [5, 5.41) is 7.53. The zero-order chi connectivity index (χ0) is 29.5. The van der Waals surface area contributed by atoms with E-state index in [1.165, 1.54) is 86.3 Å². The van der Waals surface area contributed by atoms with Gasteiger partial charge in [0.2, 0.25) is 0 Å². The fourth-order valence-electron chi connectivity index (χ4n) is 7.20. The maximum Gasteiger partial charge on any atom is 0.0571 e. The molecule has 0 atom stereocenters. The largest absolute Gasteiger partial charge is 0.309 e. The van der Waals surface area contributed by atoms with E-state index >= 15 is 0 Å². The summed E-state index contributed by atoms with van der Waals surface area (Å²) in [5.74, 6) is 0. The molecule has 0 unspecified atom stereocenters. The van der Waals surface area contributed by atoms with Crippen molar-refractivity contribution in [2.45, 2.75) is 0 Å². The van der Waals surface area contributed by atoms with E-state index in [-0.39, 0.29) is 0 Å². The zero-order valence-electron chi connectivity index (χ0n) is 24.2. The van der Waals surface area contributed by atoms with Crippen molar-refractivity contribution in [3.8, 4) is 22.5 Å². The second kappa shape index (κ2) is 9.39. The van der Waals surface area contributed by atoms with Gasteiger partial charge in [-0.05, 0) is 77.9 Å². The maximum absolute atomic E-state index is 4.43. The molecule has 4 aromatic heterocycles. The summed E-state index contributed by atoms with van der Waals surface area (Å²) in [5.41, 5.74) is 9.59.